The summed E-state index contributed by atoms with van der Waals surface area (Å²) < 4.78 is 5.08. The minimum absolute atomic E-state index is 0.0901. The summed E-state index contributed by atoms with van der Waals surface area (Å²) in [6.45, 7) is 8.93. The lowest BCUT2D eigenvalue weighted by molar-refractivity contribution is -0.149. The zero-order valence-corrected chi connectivity index (χ0v) is 17.9. The van der Waals surface area contributed by atoms with Gasteiger partial charge in [0.15, 0.2) is 0 Å². The van der Waals surface area contributed by atoms with Crippen molar-refractivity contribution in [1.82, 2.24) is 0 Å². The molecule has 0 aliphatic heterocycles. The van der Waals surface area contributed by atoms with Gasteiger partial charge < -0.3 is 9.84 Å². The largest absolute Gasteiger partial charge is 0.468 e. The van der Waals surface area contributed by atoms with E-state index >= 15 is 0 Å². The van der Waals surface area contributed by atoms with Crippen LogP contribution >= 0.6 is 0 Å². The molecule has 3 saturated carbocycles. The number of methoxy groups -OCH3 is 1. The predicted octanol–water partition coefficient (Wildman–Crippen LogP) is 5.13. The molecule has 152 valence electrons. The summed E-state index contributed by atoms with van der Waals surface area (Å²) in [6, 6.07) is 0. The van der Waals surface area contributed by atoms with Gasteiger partial charge in [0.2, 0.25) is 0 Å². The average molecular weight is 375 g/mol. The van der Waals surface area contributed by atoms with Crippen LogP contribution in [0.15, 0.2) is 11.6 Å². The molecule has 27 heavy (non-hydrogen) atoms. The van der Waals surface area contributed by atoms with Crippen LogP contribution in [0.3, 0.4) is 0 Å². The Balaban J connectivity index is 1.59. The molecule has 0 aromatic rings. The fourth-order valence-corrected chi connectivity index (χ4v) is 7.75. The maximum atomic E-state index is 12.3. The van der Waals surface area contributed by atoms with Crippen molar-refractivity contribution < 1.29 is 14.6 Å². The SMILES string of the molecule is COC(=O)C(C)(C)C1=CC[C@@]2(C)[C@@H](CC[C@H]3[C@H]2CC[C@]2(C)[C@@H](O)CC[C@@H]32)C1. The number of aliphatic hydroxyl groups is 1. The van der Waals surface area contributed by atoms with E-state index in [1.165, 1.54) is 44.8 Å². The first kappa shape index (κ1) is 19.5. The minimum Gasteiger partial charge on any atom is -0.468 e. The van der Waals surface area contributed by atoms with Crippen LogP contribution in [0.5, 0.6) is 0 Å². The lowest BCUT2D eigenvalue weighted by Crippen LogP contribution is -2.53. The predicted molar refractivity (Wildman–Crippen MR) is 107 cm³/mol. The van der Waals surface area contributed by atoms with Crippen LogP contribution in [0.25, 0.3) is 0 Å². The van der Waals surface area contributed by atoms with E-state index in [1.54, 1.807) is 0 Å². The van der Waals surface area contributed by atoms with Crippen LogP contribution in [-0.2, 0) is 9.53 Å². The minimum atomic E-state index is -0.506. The van der Waals surface area contributed by atoms with Crippen LogP contribution in [0.2, 0.25) is 0 Å². The molecule has 7 atom stereocenters. The summed E-state index contributed by atoms with van der Waals surface area (Å²) >= 11 is 0. The Kier molecular flexibility index (Phi) is 4.57. The average Bonchev–Trinajstić information content (AvgIpc) is 2.95. The van der Waals surface area contributed by atoms with Crippen molar-refractivity contribution in [3.05, 3.63) is 11.6 Å². The van der Waals surface area contributed by atoms with Gasteiger partial charge in [0.1, 0.15) is 0 Å². The Labute approximate surface area is 164 Å². The quantitative estimate of drug-likeness (QED) is 0.539. The maximum Gasteiger partial charge on any atom is 0.315 e. The summed E-state index contributed by atoms with van der Waals surface area (Å²) in [4.78, 5) is 12.3. The normalized spacial score (nSPS) is 46.7. The second-order valence-electron chi connectivity index (χ2n) is 11.0. The first-order chi connectivity index (χ1) is 12.6. The number of hydrogen-bond acceptors (Lipinski definition) is 3. The van der Waals surface area contributed by atoms with E-state index in [1.807, 2.05) is 13.8 Å². The Hall–Kier alpha value is -0.830. The van der Waals surface area contributed by atoms with E-state index in [0.717, 1.165) is 31.1 Å². The van der Waals surface area contributed by atoms with Gasteiger partial charge >= 0.3 is 5.97 Å². The van der Waals surface area contributed by atoms with E-state index < -0.39 is 5.41 Å². The van der Waals surface area contributed by atoms with E-state index in [0.29, 0.717) is 17.3 Å². The van der Waals surface area contributed by atoms with Crippen LogP contribution in [0.1, 0.15) is 79.1 Å². The molecule has 1 N–H and O–H groups in total. The number of rotatable bonds is 2. The van der Waals surface area contributed by atoms with Crippen LogP contribution in [0.4, 0.5) is 0 Å². The highest BCUT2D eigenvalue weighted by Crippen LogP contribution is 2.66. The summed E-state index contributed by atoms with van der Waals surface area (Å²) in [6.07, 6.45) is 11.7. The molecule has 0 amide bonds. The third-order valence-electron chi connectivity index (χ3n) is 9.77. The van der Waals surface area contributed by atoms with Gasteiger partial charge in [-0.05, 0) is 99.7 Å². The Morgan fingerprint density at radius 3 is 2.52 bits per heavy atom. The van der Waals surface area contributed by atoms with Crippen molar-refractivity contribution in [2.75, 3.05) is 7.11 Å². The molecule has 0 unspecified atom stereocenters. The zero-order valence-electron chi connectivity index (χ0n) is 17.9. The molecule has 0 aromatic heterocycles. The van der Waals surface area contributed by atoms with Crippen molar-refractivity contribution in [2.45, 2.75) is 85.2 Å². The van der Waals surface area contributed by atoms with Gasteiger partial charge in [-0.1, -0.05) is 25.5 Å². The number of esters is 1. The van der Waals surface area contributed by atoms with Crippen LogP contribution in [0, 0.1) is 39.9 Å². The molecule has 3 fully saturated rings. The summed E-state index contributed by atoms with van der Waals surface area (Å²) in [5.41, 5.74) is 1.29. The van der Waals surface area contributed by atoms with Gasteiger partial charge in [0.25, 0.3) is 0 Å². The molecule has 4 rings (SSSR count). The molecule has 0 bridgehead atoms. The molecule has 0 saturated heterocycles. The molecule has 0 aromatic carbocycles. The third kappa shape index (κ3) is 2.67. The summed E-state index contributed by atoms with van der Waals surface area (Å²) in [7, 11) is 1.50. The van der Waals surface area contributed by atoms with Crippen molar-refractivity contribution in [2.24, 2.45) is 39.9 Å². The Morgan fingerprint density at radius 1 is 1.11 bits per heavy atom. The van der Waals surface area contributed by atoms with E-state index in [9.17, 15) is 9.90 Å². The van der Waals surface area contributed by atoms with Gasteiger partial charge in [0, 0.05) is 0 Å². The monoisotopic (exact) mass is 374 g/mol. The van der Waals surface area contributed by atoms with Gasteiger partial charge in [-0.2, -0.15) is 0 Å². The number of allylic oxidation sites excluding steroid dienone is 1. The number of aliphatic hydroxyl groups excluding tert-OH is 1. The Morgan fingerprint density at radius 2 is 1.81 bits per heavy atom. The fraction of sp³-hybridized carbons (Fsp3) is 0.875. The van der Waals surface area contributed by atoms with E-state index in [4.69, 9.17) is 4.74 Å². The second-order valence-corrected chi connectivity index (χ2v) is 11.0. The topological polar surface area (TPSA) is 46.5 Å². The number of carbonyl (C=O) groups is 1. The molecular formula is C24H38O3. The van der Waals surface area contributed by atoms with Gasteiger partial charge in [-0.25, -0.2) is 0 Å². The third-order valence-corrected chi connectivity index (χ3v) is 9.77. The molecule has 4 aliphatic carbocycles. The van der Waals surface area contributed by atoms with Crippen LogP contribution < -0.4 is 0 Å². The highest BCUT2D eigenvalue weighted by molar-refractivity contribution is 5.79. The lowest BCUT2D eigenvalue weighted by atomic mass is 9.45. The summed E-state index contributed by atoms with van der Waals surface area (Å²) in [5, 5.41) is 10.6. The van der Waals surface area contributed by atoms with Crippen molar-refractivity contribution in [3.8, 4) is 0 Å². The van der Waals surface area contributed by atoms with E-state index in [2.05, 4.69) is 19.9 Å². The fourth-order valence-electron chi connectivity index (χ4n) is 7.75. The smallest absolute Gasteiger partial charge is 0.315 e. The van der Waals surface area contributed by atoms with Gasteiger partial charge in [-0.3, -0.25) is 4.79 Å². The highest BCUT2D eigenvalue weighted by Gasteiger charge is 2.59. The molecule has 3 heteroatoms. The molecular weight excluding hydrogens is 336 g/mol. The van der Waals surface area contributed by atoms with E-state index in [-0.39, 0.29) is 17.5 Å². The molecule has 0 spiro atoms. The molecule has 4 aliphatic rings. The number of fused-ring (bicyclic) bond motifs is 5. The standard InChI is InChI=1S/C24H38O3/c1-22(2,21(26)27-5)15-10-12-23(3)16(14-15)6-7-17-18-8-9-20(25)24(18,4)13-11-19(17)23/h10,16-20,25H,6-9,11-14H2,1-5H3/t16-,17+,18-,19+,20-,23-,24-/m0/s1. The summed E-state index contributed by atoms with van der Waals surface area (Å²) in [5.74, 6) is 2.84. The first-order valence-electron chi connectivity index (χ1n) is 11.1. The number of carbonyl (C=O) groups excluding carboxylic acids is 1. The van der Waals surface area contributed by atoms with Crippen LogP contribution in [-0.4, -0.2) is 24.3 Å². The Bertz CT molecular complexity index is 650. The van der Waals surface area contributed by atoms with Crippen molar-refractivity contribution in [1.29, 1.82) is 0 Å². The number of ether oxygens (including phenoxy) is 1. The molecule has 3 nitrogen and oxygen atoms in total. The van der Waals surface area contributed by atoms with Crippen molar-refractivity contribution in [3.63, 3.8) is 0 Å². The maximum absolute atomic E-state index is 12.3. The van der Waals surface area contributed by atoms with Crippen molar-refractivity contribution >= 4 is 5.97 Å². The zero-order chi connectivity index (χ0) is 19.6. The van der Waals surface area contributed by atoms with Gasteiger partial charge in [-0.15, -0.1) is 0 Å². The van der Waals surface area contributed by atoms with Gasteiger partial charge in [0.05, 0.1) is 18.6 Å². The number of hydrogen-bond donors (Lipinski definition) is 1. The highest BCUT2D eigenvalue weighted by atomic mass is 16.5. The molecule has 0 heterocycles. The molecule has 0 radical (unpaired) electrons. The lowest BCUT2D eigenvalue weighted by Gasteiger charge is -2.60. The second kappa shape index (κ2) is 6.34. The first-order valence-corrected chi connectivity index (χ1v) is 11.1.